The molecule has 0 saturated carbocycles. The molecule has 0 aliphatic rings. The minimum absolute atomic E-state index is 0.196. The van der Waals surface area contributed by atoms with Gasteiger partial charge in [-0.3, -0.25) is 0 Å². The van der Waals surface area contributed by atoms with Crippen molar-refractivity contribution in [3.05, 3.63) is 23.8 Å². The van der Waals surface area contributed by atoms with Crippen LogP contribution in [0.2, 0.25) is 0 Å². The van der Waals surface area contributed by atoms with Crippen LogP contribution in [0.3, 0.4) is 0 Å². The van der Waals surface area contributed by atoms with Gasteiger partial charge < -0.3 is 19.5 Å². The second-order valence-corrected chi connectivity index (χ2v) is 4.85. The second kappa shape index (κ2) is 9.61. The molecule has 0 spiro atoms. The minimum Gasteiger partial charge on any atom is -0.493 e. The number of nitrogens with one attached hydrogen (secondary N) is 1. The Morgan fingerprint density at radius 3 is 2.65 bits per heavy atom. The van der Waals surface area contributed by atoms with Gasteiger partial charge in [0.25, 0.3) is 0 Å². The molecule has 1 aromatic carbocycles. The van der Waals surface area contributed by atoms with Gasteiger partial charge in [-0.05, 0) is 44.0 Å². The van der Waals surface area contributed by atoms with Crippen LogP contribution in [0, 0.1) is 0 Å². The molecule has 0 heterocycles. The summed E-state index contributed by atoms with van der Waals surface area (Å²) >= 11 is 0. The highest BCUT2D eigenvalue weighted by molar-refractivity contribution is 5.43. The predicted octanol–water partition coefficient (Wildman–Crippen LogP) is 3.00. The zero-order valence-corrected chi connectivity index (χ0v) is 13.1. The zero-order chi connectivity index (χ0) is 14.8. The van der Waals surface area contributed by atoms with Crippen LogP contribution >= 0.6 is 0 Å². The highest BCUT2D eigenvalue weighted by Gasteiger charge is 2.08. The third-order valence-corrected chi connectivity index (χ3v) is 3.16. The molecular weight excluding hydrogens is 254 g/mol. The van der Waals surface area contributed by atoms with Crippen molar-refractivity contribution in [1.82, 2.24) is 5.32 Å². The summed E-state index contributed by atoms with van der Waals surface area (Å²) in [5.41, 5.74) is 1.19. The first-order valence-corrected chi connectivity index (χ1v) is 7.24. The Hall–Kier alpha value is -1.26. The Balaban J connectivity index is 2.53. The third-order valence-electron chi connectivity index (χ3n) is 3.16. The molecule has 0 saturated heterocycles. The van der Waals surface area contributed by atoms with Crippen LogP contribution in [-0.2, 0) is 11.3 Å². The van der Waals surface area contributed by atoms with E-state index in [1.807, 2.05) is 12.1 Å². The molecule has 4 nitrogen and oxygen atoms in total. The molecule has 20 heavy (non-hydrogen) atoms. The van der Waals surface area contributed by atoms with Crippen molar-refractivity contribution in [2.75, 3.05) is 27.4 Å². The van der Waals surface area contributed by atoms with Gasteiger partial charge in [0.2, 0.25) is 0 Å². The molecule has 114 valence electrons. The van der Waals surface area contributed by atoms with Crippen LogP contribution in [0.25, 0.3) is 0 Å². The quantitative estimate of drug-likeness (QED) is 0.669. The van der Waals surface area contributed by atoms with Gasteiger partial charge in [0.15, 0.2) is 11.5 Å². The lowest BCUT2D eigenvalue weighted by atomic mass is 10.2. The second-order valence-electron chi connectivity index (χ2n) is 4.85. The highest BCUT2D eigenvalue weighted by Crippen LogP contribution is 2.29. The Morgan fingerprint density at radius 2 is 2.00 bits per heavy atom. The van der Waals surface area contributed by atoms with E-state index in [9.17, 15) is 0 Å². The number of hydrogen-bond acceptors (Lipinski definition) is 4. The van der Waals surface area contributed by atoms with E-state index in [1.54, 1.807) is 14.2 Å². The lowest BCUT2D eigenvalue weighted by Gasteiger charge is -2.16. The van der Waals surface area contributed by atoms with Gasteiger partial charge in [-0.25, -0.2) is 0 Å². The summed E-state index contributed by atoms with van der Waals surface area (Å²) in [6, 6.07) is 6.09. The van der Waals surface area contributed by atoms with Crippen LogP contribution in [0.4, 0.5) is 0 Å². The summed E-state index contributed by atoms with van der Waals surface area (Å²) in [5.74, 6) is 1.60. The SMILES string of the molecule is CC[C@@H](C)Oc1ccc(CNCCCOC)cc1OC. The molecule has 0 aromatic heterocycles. The molecule has 0 aliphatic carbocycles. The van der Waals surface area contributed by atoms with Gasteiger partial charge in [-0.2, -0.15) is 0 Å². The van der Waals surface area contributed by atoms with Crippen molar-refractivity contribution in [2.45, 2.75) is 39.3 Å². The fourth-order valence-electron chi connectivity index (χ4n) is 1.79. The molecule has 0 aliphatic heterocycles. The molecule has 0 radical (unpaired) electrons. The molecular formula is C16H27NO3. The summed E-state index contributed by atoms with van der Waals surface area (Å²) in [4.78, 5) is 0. The third kappa shape index (κ3) is 5.80. The summed E-state index contributed by atoms with van der Waals surface area (Å²) in [6.45, 7) is 6.73. The van der Waals surface area contributed by atoms with Crippen molar-refractivity contribution < 1.29 is 14.2 Å². The largest absolute Gasteiger partial charge is 0.493 e. The Morgan fingerprint density at radius 1 is 1.20 bits per heavy atom. The van der Waals surface area contributed by atoms with Gasteiger partial charge in [0.1, 0.15) is 0 Å². The Kier molecular flexibility index (Phi) is 8.07. The first-order chi connectivity index (χ1) is 9.71. The average Bonchev–Trinajstić information content (AvgIpc) is 2.48. The first-order valence-electron chi connectivity index (χ1n) is 7.24. The van der Waals surface area contributed by atoms with Crippen LogP contribution in [0.5, 0.6) is 11.5 Å². The number of ether oxygens (including phenoxy) is 3. The number of hydrogen-bond donors (Lipinski definition) is 1. The van der Waals surface area contributed by atoms with Crippen molar-refractivity contribution >= 4 is 0 Å². The predicted molar refractivity (Wildman–Crippen MR) is 81.6 cm³/mol. The van der Waals surface area contributed by atoms with Crippen LogP contribution in [0.1, 0.15) is 32.3 Å². The smallest absolute Gasteiger partial charge is 0.161 e. The molecule has 1 N–H and O–H groups in total. The van der Waals surface area contributed by atoms with Crippen LogP contribution < -0.4 is 14.8 Å². The molecule has 1 rings (SSSR count). The lowest BCUT2D eigenvalue weighted by molar-refractivity contribution is 0.194. The van der Waals surface area contributed by atoms with Crippen LogP contribution in [0.15, 0.2) is 18.2 Å². The molecule has 0 unspecified atom stereocenters. The summed E-state index contributed by atoms with van der Waals surface area (Å²) in [6.07, 6.45) is 2.19. The minimum atomic E-state index is 0.196. The van der Waals surface area contributed by atoms with Gasteiger partial charge in [0, 0.05) is 20.3 Å². The number of methoxy groups -OCH3 is 2. The Bertz CT molecular complexity index is 382. The summed E-state index contributed by atoms with van der Waals surface area (Å²) in [5, 5.41) is 3.38. The zero-order valence-electron chi connectivity index (χ0n) is 13.1. The van der Waals surface area contributed by atoms with Crippen LogP contribution in [-0.4, -0.2) is 33.5 Å². The maximum atomic E-state index is 5.84. The first kappa shape index (κ1) is 16.8. The molecule has 1 aromatic rings. The standard InChI is InChI=1S/C16H27NO3/c1-5-13(2)20-15-8-7-14(11-16(15)19-4)12-17-9-6-10-18-3/h7-8,11,13,17H,5-6,9-10,12H2,1-4H3/t13-/m1/s1. The van der Waals surface area contributed by atoms with Gasteiger partial charge in [-0.1, -0.05) is 13.0 Å². The van der Waals surface area contributed by atoms with Crippen molar-refractivity contribution in [1.29, 1.82) is 0 Å². The molecule has 1 atom stereocenters. The van der Waals surface area contributed by atoms with E-state index in [-0.39, 0.29) is 6.10 Å². The van der Waals surface area contributed by atoms with E-state index in [4.69, 9.17) is 14.2 Å². The highest BCUT2D eigenvalue weighted by atomic mass is 16.5. The van der Waals surface area contributed by atoms with Crippen molar-refractivity contribution in [3.8, 4) is 11.5 Å². The molecule has 4 heteroatoms. The molecule has 0 amide bonds. The van der Waals surface area contributed by atoms with E-state index < -0.39 is 0 Å². The van der Waals surface area contributed by atoms with Gasteiger partial charge in [0.05, 0.1) is 13.2 Å². The van der Waals surface area contributed by atoms with Gasteiger partial charge in [-0.15, -0.1) is 0 Å². The van der Waals surface area contributed by atoms with Gasteiger partial charge >= 0.3 is 0 Å². The van der Waals surface area contributed by atoms with E-state index in [0.717, 1.165) is 44.0 Å². The number of benzene rings is 1. The molecule has 0 fully saturated rings. The average molecular weight is 281 g/mol. The maximum Gasteiger partial charge on any atom is 0.161 e. The van der Waals surface area contributed by atoms with E-state index in [0.29, 0.717) is 0 Å². The van der Waals surface area contributed by atoms with E-state index in [2.05, 4.69) is 25.2 Å². The lowest BCUT2D eigenvalue weighted by Crippen LogP contribution is -2.16. The normalized spacial score (nSPS) is 12.2. The monoisotopic (exact) mass is 281 g/mol. The number of rotatable bonds is 10. The summed E-state index contributed by atoms with van der Waals surface area (Å²) < 4.78 is 16.3. The van der Waals surface area contributed by atoms with E-state index >= 15 is 0 Å². The Labute approximate surface area is 122 Å². The summed E-state index contributed by atoms with van der Waals surface area (Å²) in [7, 11) is 3.40. The topological polar surface area (TPSA) is 39.7 Å². The molecule has 0 bridgehead atoms. The maximum absolute atomic E-state index is 5.84. The van der Waals surface area contributed by atoms with Crippen molar-refractivity contribution in [2.24, 2.45) is 0 Å². The van der Waals surface area contributed by atoms with E-state index in [1.165, 1.54) is 5.56 Å². The fraction of sp³-hybridized carbons (Fsp3) is 0.625. The van der Waals surface area contributed by atoms with Crippen molar-refractivity contribution in [3.63, 3.8) is 0 Å². The fourth-order valence-corrected chi connectivity index (χ4v) is 1.79.